The molecular formula is C19H24N4O3. The van der Waals surface area contributed by atoms with Crippen LogP contribution in [0.4, 0.5) is 5.82 Å². The van der Waals surface area contributed by atoms with E-state index in [0.29, 0.717) is 19.0 Å². The Morgan fingerprint density at radius 2 is 2.19 bits per heavy atom. The fraction of sp³-hybridized carbons (Fsp3) is 0.526. The fourth-order valence-electron chi connectivity index (χ4n) is 3.92. The van der Waals surface area contributed by atoms with Gasteiger partial charge in [0.2, 0.25) is 11.8 Å². The second-order valence-electron chi connectivity index (χ2n) is 7.80. The van der Waals surface area contributed by atoms with Gasteiger partial charge in [-0.25, -0.2) is 0 Å². The highest BCUT2D eigenvalue weighted by Crippen LogP contribution is 2.30. The summed E-state index contributed by atoms with van der Waals surface area (Å²) in [6.45, 7) is 5.09. The fourth-order valence-corrected chi connectivity index (χ4v) is 3.92. The van der Waals surface area contributed by atoms with Crippen LogP contribution >= 0.6 is 0 Å². The Kier molecular flexibility index (Phi) is 4.19. The van der Waals surface area contributed by atoms with E-state index in [0.717, 1.165) is 23.7 Å². The molecule has 2 aliphatic heterocycles. The van der Waals surface area contributed by atoms with Crippen molar-refractivity contribution in [2.75, 3.05) is 18.1 Å². The molecule has 1 aromatic carbocycles. The number of para-hydroxylation sites is 1. The van der Waals surface area contributed by atoms with Crippen molar-refractivity contribution < 1.29 is 14.3 Å². The first-order valence-electron chi connectivity index (χ1n) is 9.11. The largest absolute Gasteiger partial charge is 0.375 e. The maximum atomic E-state index is 12.7. The van der Waals surface area contributed by atoms with E-state index in [1.165, 1.54) is 0 Å². The van der Waals surface area contributed by atoms with E-state index in [2.05, 4.69) is 15.5 Å². The second kappa shape index (κ2) is 6.39. The summed E-state index contributed by atoms with van der Waals surface area (Å²) in [5.41, 5.74) is 0.662. The van der Waals surface area contributed by atoms with Crippen molar-refractivity contribution in [1.82, 2.24) is 15.5 Å². The lowest BCUT2D eigenvalue weighted by Crippen LogP contribution is -2.47. The van der Waals surface area contributed by atoms with Crippen molar-refractivity contribution >= 4 is 28.5 Å². The summed E-state index contributed by atoms with van der Waals surface area (Å²) in [5.74, 6) is 0.148. The number of hydrogen-bond acceptors (Lipinski definition) is 4. The van der Waals surface area contributed by atoms with Crippen LogP contribution in [0.3, 0.4) is 0 Å². The topological polar surface area (TPSA) is 87.3 Å². The van der Waals surface area contributed by atoms with Crippen LogP contribution in [-0.4, -0.2) is 46.8 Å². The number of amides is 2. The molecule has 2 aromatic rings. The number of aromatic amines is 1. The first-order chi connectivity index (χ1) is 12.4. The lowest BCUT2D eigenvalue weighted by molar-refractivity contribution is -0.128. The molecule has 26 heavy (non-hydrogen) atoms. The molecule has 1 aromatic heterocycles. The zero-order chi connectivity index (χ0) is 18.3. The Morgan fingerprint density at radius 1 is 1.38 bits per heavy atom. The first-order valence-corrected chi connectivity index (χ1v) is 9.11. The molecule has 3 heterocycles. The molecule has 0 saturated carbocycles. The van der Waals surface area contributed by atoms with Crippen LogP contribution in [0.5, 0.6) is 0 Å². The van der Waals surface area contributed by atoms with Crippen molar-refractivity contribution in [1.29, 1.82) is 0 Å². The molecule has 2 N–H and O–H groups in total. The average molecular weight is 356 g/mol. The molecule has 7 nitrogen and oxygen atoms in total. The molecule has 2 atom stereocenters. The van der Waals surface area contributed by atoms with E-state index in [4.69, 9.17) is 4.74 Å². The number of carbonyl (C=O) groups excluding carboxylic acids is 2. The van der Waals surface area contributed by atoms with Crippen molar-refractivity contribution in [3.05, 3.63) is 24.3 Å². The molecule has 0 radical (unpaired) electrons. The molecule has 0 unspecified atom stereocenters. The Labute approximate surface area is 152 Å². The van der Waals surface area contributed by atoms with Crippen LogP contribution in [0, 0.1) is 5.92 Å². The molecule has 138 valence electrons. The molecule has 4 rings (SSSR count). The molecule has 7 heteroatoms. The van der Waals surface area contributed by atoms with Gasteiger partial charge in [0.1, 0.15) is 0 Å². The van der Waals surface area contributed by atoms with Gasteiger partial charge in [-0.1, -0.05) is 12.1 Å². The molecular weight excluding hydrogens is 332 g/mol. The predicted octanol–water partition coefficient (Wildman–Crippen LogP) is 1.99. The van der Waals surface area contributed by atoms with Crippen LogP contribution < -0.4 is 10.2 Å². The van der Waals surface area contributed by atoms with E-state index in [9.17, 15) is 9.59 Å². The molecule has 2 fully saturated rings. The van der Waals surface area contributed by atoms with Gasteiger partial charge in [0.05, 0.1) is 17.0 Å². The van der Waals surface area contributed by atoms with Gasteiger partial charge in [0.25, 0.3) is 0 Å². The lowest BCUT2D eigenvalue weighted by atomic mass is 9.93. The Balaban J connectivity index is 1.45. The molecule has 2 amide bonds. The molecule has 2 aliphatic rings. The number of rotatable bonds is 3. The van der Waals surface area contributed by atoms with Crippen molar-refractivity contribution in [2.45, 2.75) is 44.8 Å². The number of fused-ring (bicyclic) bond motifs is 1. The van der Waals surface area contributed by atoms with Crippen LogP contribution in [-0.2, 0) is 14.3 Å². The number of nitrogens with zero attached hydrogens (tertiary/aromatic N) is 2. The number of hydrogen-bond donors (Lipinski definition) is 2. The predicted molar refractivity (Wildman–Crippen MR) is 97.7 cm³/mol. The normalized spacial score (nSPS) is 25.6. The van der Waals surface area contributed by atoms with Gasteiger partial charge < -0.3 is 10.1 Å². The number of ether oxygens (including phenoxy) is 1. The maximum absolute atomic E-state index is 12.7. The summed E-state index contributed by atoms with van der Waals surface area (Å²) in [4.78, 5) is 26.8. The molecule has 0 spiro atoms. The van der Waals surface area contributed by atoms with E-state index < -0.39 is 0 Å². The standard InChI is InChI=1S/C19H24N4O3/c1-19(2)10-13(7-8-26-19)20-18(25)12-9-16(24)23(11-12)17-14-5-3-4-6-15(14)21-22-17/h3-6,12-13H,7-11H2,1-2H3,(H,20,25)(H,21,22)/t12-,13-/m1/s1. The number of aromatic nitrogens is 2. The number of carbonyl (C=O) groups is 2. The molecule has 0 aliphatic carbocycles. The Morgan fingerprint density at radius 3 is 3.00 bits per heavy atom. The lowest BCUT2D eigenvalue weighted by Gasteiger charge is -2.36. The minimum absolute atomic E-state index is 0.0524. The Hall–Kier alpha value is -2.41. The summed E-state index contributed by atoms with van der Waals surface area (Å²) in [6, 6.07) is 7.78. The monoisotopic (exact) mass is 356 g/mol. The molecule has 0 bridgehead atoms. The zero-order valence-corrected chi connectivity index (χ0v) is 15.1. The first kappa shape index (κ1) is 17.0. The van der Waals surface area contributed by atoms with Gasteiger partial charge in [0.15, 0.2) is 5.82 Å². The number of nitrogens with one attached hydrogen (secondary N) is 2. The van der Waals surface area contributed by atoms with Crippen molar-refractivity contribution in [2.24, 2.45) is 5.92 Å². The summed E-state index contributed by atoms with van der Waals surface area (Å²) < 4.78 is 5.70. The quantitative estimate of drug-likeness (QED) is 0.880. The summed E-state index contributed by atoms with van der Waals surface area (Å²) >= 11 is 0. The number of anilines is 1. The highest BCUT2D eigenvalue weighted by atomic mass is 16.5. The van der Waals surface area contributed by atoms with E-state index >= 15 is 0 Å². The van der Waals surface area contributed by atoms with Crippen molar-refractivity contribution in [3.8, 4) is 0 Å². The third kappa shape index (κ3) is 3.19. The second-order valence-corrected chi connectivity index (χ2v) is 7.80. The summed E-state index contributed by atoms with van der Waals surface area (Å²) in [5, 5.41) is 11.2. The minimum atomic E-state index is -0.344. The van der Waals surface area contributed by atoms with Crippen LogP contribution in [0.25, 0.3) is 10.9 Å². The van der Waals surface area contributed by atoms with Gasteiger partial charge in [0, 0.05) is 31.0 Å². The smallest absolute Gasteiger partial charge is 0.229 e. The SMILES string of the molecule is CC1(C)C[C@H](NC(=O)[C@@H]2CC(=O)N(c3n[nH]c4ccccc34)C2)CCO1. The van der Waals surface area contributed by atoms with Crippen LogP contribution in [0.1, 0.15) is 33.1 Å². The number of H-pyrrole nitrogens is 1. The minimum Gasteiger partial charge on any atom is -0.375 e. The van der Waals surface area contributed by atoms with Crippen LogP contribution in [0.15, 0.2) is 24.3 Å². The third-order valence-electron chi connectivity index (χ3n) is 5.25. The van der Waals surface area contributed by atoms with Crippen LogP contribution in [0.2, 0.25) is 0 Å². The van der Waals surface area contributed by atoms with Gasteiger partial charge in [-0.2, -0.15) is 5.10 Å². The summed E-state index contributed by atoms with van der Waals surface area (Å²) in [7, 11) is 0. The highest BCUT2D eigenvalue weighted by Gasteiger charge is 2.38. The average Bonchev–Trinajstić information content (AvgIpc) is 3.17. The maximum Gasteiger partial charge on any atom is 0.229 e. The molecule has 2 saturated heterocycles. The van der Waals surface area contributed by atoms with Crippen molar-refractivity contribution in [3.63, 3.8) is 0 Å². The van der Waals surface area contributed by atoms with E-state index in [1.54, 1.807) is 4.90 Å². The highest BCUT2D eigenvalue weighted by molar-refractivity contribution is 6.05. The van der Waals surface area contributed by atoms with Gasteiger partial charge in [-0.15, -0.1) is 0 Å². The Bertz CT molecular complexity index is 844. The summed E-state index contributed by atoms with van der Waals surface area (Å²) in [6.07, 6.45) is 1.82. The van der Waals surface area contributed by atoms with Gasteiger partial charge in [-0.05, 0) is 38.8 Å². The number of benzene rings is 1. The van der Waals surface area contributed by atoms with Gasteiger partial charge in [-0.3, -0.25) is 19.6 Å². The third-order valence-corrected chi connectivity index (χ3v) is 5.25. The zero-order valence-electron chi connectivity index (χ0n) is 15.1. The van der Waals surface area contributed by atoms with Gasteiger partial charge >= 0.3 is 0 Å². The van der Waals surface area contributed by atoms with E-state index in [1.807, 2.05) is 38.1 Å². The van der Waals surface area contributed by atoms with E-state index in [-0.39, 0.29) is 35.8 Å².